The van der Waals surface area contributed by atoms with Gasteiger partial charge in [0.2, 0.25) is 5.91 Å². The lowest BCUT2D eigenvalue weighted by atomic mass is 10.2. The number of aryl methyl sites for hydroxylation is 2. The minimum Gasteiger partial charge on any atom is -0.325 e. The summed E-state index contributed by atoms with van der Waals surface area (Å²) in [6.45, 7) is 3.95. The Morgan fingerprint density at radius 3 is 2.89 bits per heavy atom. The molecule has 0 aliphatic rings. The molecule has 1 N–H and O–H groups in total. The fourth-order valence-corrected chi connectivity index (χ4v) is 3.78. The van der Waals surface area contributed by atoms with Crippen LogP contribution in [0.1, 0.15) is 11.3 Å². The van der Waals surface area contributed by atoms with Gasteiger partial charge in [0.1, 0.15) is 0 Å². The van der Waals surface area contributed by atoms with Crippen molar-refractivity contribution in [3.05, 3.63) is 38.4 Å². The second kappa shape index (κ2) is 6.71. The highest BCUT2D eigenvalue weighted by Gasteiger charge is 2.07. The molecule has 1 aromatic heterocycles. The predicted molar refractivity (Wildman–Crippen MR) is 90.1 cm³/mol. The molecule has 1 amide bonds. The first-order valence-electron chi connectivity index (χ1n) is 5.65. The van der Waals surface area contributed by atoms with E-state index < -0.39 is 0 Å². The zero-order valence-electron chi connectivity index (χ0n) is 10.6. The average molecular weight is 404 g/mol. The molecule has 0 fully saturated rings. The topological polar surface area (TPSA) is 42.0 Å². The third kappa shape index (κ3) is 4.47. The molecule has 0 saturated heterocycles. The summed E-state index contributed by atoms with van der Waals surface area (Å²) in [5.41, 5.74) is 2.96. The van der Waals surface area contributed by atoms with Crippen LogP contribution in [0.5, 0.6) is 0 Å². The van der Waals surface area contributed by atoms with E-state index in [-0.39, 0.29) is 5.91 Å². The molecule has 0 spiro atoms. The molecule has 0 saturated carbocycles. The van der Waals surface area contributed by atoms with Gasteiger partial charge in [-0.2, -0.15) is 0 Å². The Labute approximate surface area is 134 Å². The molecule has 0 bridgehead atoms. The van der Waals surface area contributed by atoms with Crippen molar-refractivity contribution in [1.29, 1.82) is 0 Å². The number of amides is 1. The van der Waals surface area contributed by atoms with E-state index in [0.717, 1.165) is 21.3 Å². The number of halogens is 1. The molecule has 0 atom stereocenters. The van der Waals surface area contributed by atoms with Crippen LogP contribution >= 0.6 is 45.7 Å². The number of carbonyl (C=O) groups is 1. The van der Waals surface area contributed by atoms with E-state index in [9.17, 15) is 4.79 Å². The Balaban J connectivity index is 1.90. The zero-order valence-corrected chi connectivity index (χ0v) is 14.4. The van der Waals surface area contributed by atoms with Gasteiger partial charge >= 0.3 is 0 Å². The molecular weight excluding hydrogens is 391 g/mol. The fraction of sp³-hybridized carbons (Fsp3) is 0.231. The van der Waals surface area contributed by atoms with Crippen molar-refractivity contribution < 1.29 is 4.79 Å². The molecule has 2 rings (SSSR count). The predicted octanol–water partition coefficient (Wildman–Crippen LogP) is 4.10. The van der Waals surface area contributed by atoms with Crippen LogP contribution in [-0.2, 0) is 4.79 Å². The van der Waals surface area contributed by atoms with Crippen molar-refractivity contribution in [3.8, 4) is 0 Å². The normalized spacial score (nSPS) is 10.5. The summed E-state index contributed by atoms with van der Waals surface area (Å²) in [5.74, 6) is 0.389. The first kappa shape index (κ1) is 14.8. The van der Waals surface area contributed by atoms with E-state index in [4.69, 9.17) is 0 Å². The maximum Gasteiger partial charge on any atom is 0.234 e. The highest BCUT2D eigenvalue weighted by molar-refractivity contribution is 14.1. The number of anilines is 1. The van der Waals surface area contributed by atoms with Gasteiger partial charge in [-0.05, 0) is 60.2 Å². The number of nitrogens with one attached hydrogen (secondary N) is 1. The second-order valence-electron chi connectivity index (χ2n) is 4.05. The lowest BCUT2D eigenvalue weighted by Crippen LogP contribution is -2.14. The number of rotatable bonds is 4. The van der Waals surface area contributed by atoms with Crippen LogP contribution in [0.2, 0.25) is 0 Å². The Hall–Kier alpha value is -0.600. The highest BCUT2D eigenvalue weighted by Crippen LogP contribution is 2.23. The molecule has 2 aromatic rings. The summed E-state index contributed by atoms with van der Waals surface area (Å²) in [7, 11) is 0. The van der Waals surface area contributed by atoms with Crippen LogP contribution in [0.25, 0.3) is 0 Å². The number of aromatic nitrogens is 1. The quantitative estimate of drug-likeness (QED) is 0.617. The molecule has 0 unspecified atom stereocenters. The number of benzene rings is 1. The Kier molecular flexibility index (Phi) is 5.23. The van der Waals surface area contributed by atoms with Crippen LogP contribution in [0.3, 0.4) is 0 Å². The fourth-order valence-electron chi connectivity index (χ4n) is 1.48. The van der Waals surface area contributed by atoms with E-state index in [2.05, 4.69) is 32.9 Å². The van der Waals surface area contributed by atoms with E-state index >= 15 is 0 Å². The van der Waals surface area contributed by atoms with Gasteiger partial charge in [0.25, 0.3) is 0 Å². The zero-order chi connectivity index (χ0) is 13.8. The summed E-state index contributed by atoms with van der Waals surface area (Å²) in [6, 6.07) is 5.97. The van der Waals surface area contributed by atoms with Crippen LogP contribution in [0.4, 0.5) is 5.69 Å². The number of carbonyl (C=O) groups excluding carboxylic acids is 1. The molecule has 19 heavy (non-hydrogen) atoms. The lowest BCUT2D eigenvalue weighted by molar-refractivity contribution is -0.113. The second-order valence-corrected chi connectivity index (χ2v) is 7.38. The van der Waals surface area contributed by atoms with Crippen LogP contribution in [0.15, 0.2) is 27.9 Å². The third-order valence-electron chi connectivity index (χ3n) is 2.39. The van der Waals surface area contributed by atoms with Crippen molar-refractivity contribution in [1.82, 2.24) is 4.98 Å². The minimum atomic E-state index is 0.00200. The Morgan fingerprint density at radius 2 is 2.26 bits per heavy atom. The van der Waals surface area contributed by atoms with Gasteiger partial charge in [0.15, 0.2) is 4.34 Å². The van der Waals surface area contributed by atoms with Crippen molar-refractivity contribution in [3.63, 3.8) is 0 Å². The molecular formula is C13H13IN2OS2. The summed E-state index contributed by atoms with van der Waals surface area (Å²) in [6.07, 6.45) is 0. The number of thioether (sulfide) groups is 1. The first-order chi connectivity index (χ1) is 9.04. The largest absolute Gasteiger partial charge is 0.325 e. The first-order valence-corrected chi connectivity index (χ1v) is 8.60. The van der Waals surface area contributed by atoms with E-state index in [0.29, 0.717) is 5.75 Å². The van der Waals surface area contributed by atoms with Crippen LogP contribution in [-0.4, -0.2) is 16.6 Å². The third-order valence-corrected chi connectivity index (χ3v) is 5.20. The standard InChI is InChI=1S/C13H13IN2OS2/c1-8-5-10(14)3-4-11(8)16-12(17)7-19-13-15-9(2)6-18-13/h3-6H,7H2,1-2H3,(H,16,17). The molecule has 0 radical (unpaired) electrons. The molecule has 6 heteroatoms. The molecule has 1 heterocycles. The van der Waals surface area contributed by atoms with Crippen molar-refractivity contribution in [2.24, 2.45) is 0 Å². The van der Waals surface area contributed by atoms with Crippen molar-refractivity contribution in [2.75, 3.05) is 11.1 Å². The Morgan fingerprint density at radius 1 is 1.47 bits per heavy atom. The average Bonchev–Trinajstić information content (AvgIpc) is 2.76. The highest BCUT2D eigenvalue weighted by atomic mass is 127. The van der Waals surface area contributed by atoms with Gasteiger partial charge in [0.05, 0.1) is 5.75 Å². The van der Waals surface area contributed by atoms with E-state index in [1.165, 1.54) is 15.3 Å². The van der Waals surface area contributed by atoms with Crippen molar-refractivity contribution in [2.45, 2.75) is 18.2 Å². The number of hydrogen-bond acceptors (Lipinski definition) is 4. The van der Waals surface area contributed by atoms with Crippen LogP contribution in [0, 0.1) is 17.4 Å². The maximum absolute atomic E-state index is 11.9. The Bertz CT molecular complexity index is 598. The number of nitrogens with zero attached hydrogens (tertiary/aromatic N) is 1. The van der Waals surface area contributed by atoms with Gasteiger partial charge in [-0.15, -0.1) is 11.3 Å². The molecule has 0 aliphatic heterocycles. The smallest absolute Gasteiger partial charge is 0.234 e. The molecule has 1 aromatic carbocycles. The number of thiazole rings is 1. The van der Waals surface area contributed by atoms with Gasteiger partial charge in [0, 0.05) is 20.3 Å². The summed E-state index contributed by atoms with van der Waals surface area (Å²) < 4.78 is 2.10. The number of hydrogen-bond donors (Lipinski definition) is 1. The molecule has 3 nitrogen and oxygen atoms in total. The maximum atomic E-state index is 11.9. The monoisotopic (exact) mass is 404 g/mol. The van der Waals surface area contributed by atoms with E-state index in [1.807, 2.05) is 37.4 Å². The minimum absolute atomic E-state index is 0.00200. The van der Waals surface area contributed by atoms with Gasteiger partial charge < -0.3 is 5.32 Å². The summed E-state index contributed by atoms with van der Waals surface area (Å²) in [4.78, 5) is 16.2. The van der Waals surface area contributed by atoms with Crippen molar-refractivity contribution >= 4 is 57.3 Å². The van der Waals surface area contributed by atoms with Crippen LogP contribution < -0.4 is 5.32 Å². The van der Waals surface area contributed by atoms with Gasteiger partial charge in [-0.25, -0.2) is 4.98 Å². The van der Waals surface area contributed by atoms with Gasteiger partial charge in [-0.1, -0.05) is 11.8 Å². The molecule has 0 aliphatic carbocycles. The van der Waals surface area contributed by atoms with Gasteiger partial charge in [-0.3, -0.25) is 4.79 Å². The summed E-state index contributed by atoms with van der Waals surface area (Å²) >= 11 is 5.30. The SMILES string of the molecule is Cc1csc(SCC(=O)Nc2ccc(I)cc2C)n1. The van der Waals surface area contributed by atoms with E-state index in [1.54, 1.807) is 11.3 Å². The summed E-state index contributed by atoms with van der Waals surface area (Å²) in [5, 5.41) is 4.92. The molecule has 100 valence electrons. The lowest BCUT2D eigenvalue weighted by Gasteiger charge is -2.08.